The first-order valence-corrected chi connectivity index (χ1v) is 13.0. The van der Waals surface area contributed by atoms with Crippen LogP contribution in [0.25, 0.3) is 10.9 Å². The van der Waals surface area contributed by atoms with E-state index in [1.165, 1.54) is 17.0 Å². The zero-order valence-electron chi connectivity index (χ0n) is 20.6. The van der Waals surface area contributed by atoms with Crippen LogP contribution < -0.4 is 10.6 Å². The van der Waals surface area contributed by atoms with Crippen LogP contribution in [-0.2, 0) is 9.59 Å². The van der Waals surface area contributed by atoms with Crippen LogP contribution in [0.4, 0.5) is 13.2 Å². The van der Waals surface area contributed by atoms with E-state index in [1.54, 1.807) is 6.92 Å². The van der Waals surface area contributed by atoms with Crippen molar-refractivity contribution in [3.63, 3.8) is 0 Å². The summed E-state index contributed by atoms with van der Waals surface area (Å²) in [7, 11) is 0. The number of rotatable bonds is 5. The Morgan fingerprint density at radius 1 is 1.34 bits per heavy atom. The summed E-state index contributed by atoms with van der Waals surface area (Å²) < 4.78 is 43.2. The molecule has 5 rings (SSSR count). The lowest BCUT2D eigenvalue weighted by molar-refractivity contribution is -0.129. The molecule has 1 aliphatic carbocycles. The number of alkyl halides is 2. The molecule has 1 aromatic heterocycles. The van der Waals surface area contributed by atoms with Gasteiger partial charge in [0.05, 0.1) is 16.6 Å². The van der Waals surface area contributed by atoms with E-state index in [2.05, 4.69) is 15.6 Å². The van der Waals surface area contributed by atoms with E-state index in [1.807, 2.05) is 6.07 Å². The maximum Gasteiger partial charge on any atom is 0.271 e. The summed E-state index contributed by atoms with van der Waals surface area (Å²) in [6.07, 6.45) is 0.387. The molecule has 3 amide bonds. The molecule has 1 aromatic carbocycles. The van der Waals surface area contributed by atoms with E-state index < -0.39 is 66.2 Å². The zero-order valence-corrected chi connectivity index (χ0v) is 21.4. The Morgan fingerprint density at radius 2 is 2.11 bits per heavy atom. The number of carbonyl (C=O) groups excluding carboxylic acids is 3. The number of piperidine rings is 1. The second-order valence-corrected chi connectivity index (χ2v) is 11.0. The molecule has 5 atom stereocenters. The fraction of sp³-hybridized carbons (Fsp3) is 0.538. The van der Waals surface area contributed by atoms with Crippen molar-refractivity contribution in [1.82, 2.24) is 20.5 Å². The Bertz CT molecular complexity index is 1360. The molecule has 38 heavy (non-hydrogen) atoms. The van der Waals surface area contributed by atoms with Gasteiger partial charge in [-0.2, -0.15) is 5.26 Å². The number of likely N-dealkylation sites (tertiary alicyclic amines) is 1. The number of carbonyl (C=O) groups is 3. The highest BCUT2D eigenvalue weighted by atomic mass is 35.5. The maximum atomic E-state index is 14.6. The van der Waals surface area contributed by atoms with Crippen LogP contribution in [0.2, 0.25) is 5.02 Å². The third kappa shape index (κ3) is 4.70. The van der Waals surface area contributed by atoms with E-state index in [0.717, 1.165) is 6.42 Å². The number of fused-ring (bicyclic) bond motifs is 2. The van der Waals surface area contributed by atoms with Gasteiger partial charge in [-0.05, 0) is 55.7 Å². The van der Waals surface area contributed by atoms with Crippen molar-refractivity contribution in [2.45, 2.75) is 57.0 Å². The standard InChI is InChI=1S/C26H27ClF3N5O3/c1-12-5-18(28)16-7-19(34-21(16)20(12)27)25(38)35-11-14-8-26(29,30)9-17(14)22(35)24(37)33-15(10-31)6-13-3-2-4-32-23(13)36/h5,7,13-15,17,22,34H,2-4,6,8-9,11H2,1H3,(H,32,36)(H,33,37)/t13-,14-,15-,17-,22-/m0/s1. The first-order chi connectivity index (χ1) is 18.0. The summed E-state index contributed by atoms with van der Waals surface area (Å²) in [6.45, 7) is 2.10. The average molecular weight is 550 g/mol. The van der Waals surface area contributed by atoms with Gasteiger partial charge in [0, 0.05) is 37.2 Å². The van der Waals surface area contributed by atoms with Gasteiger partial charge in [-0.25, -0.2) is 13.2 Å². The van der Waals surface area contributed by atoms with Crippen LogP contribution in [-0.4, -0.2) is 58.7 Å². The van der Waals surface area contributed by atoms with E-state index in [9.17, 15) is 32.8 Å². The summed E-state index contributed by atoms with van der Waals surface area (Å²) in [5.41, 5.74) is 0.684. The van der Waals surface area contributed by atoms with Crippen LogP contribution in [0.15, 0.2) is 12.1 Å². The molecule has 3 heterocycles. The van der Waals surface area contributed by atoms with Gasteiger partial charge in [-0.3, -0.25) is 14.4 Å². The molecule has 2 aromatic rings. The normalized spacial score (nSPS) is 27.1. The topological polar surface area (TPSA) is 118 Å². The van der Waals surface area contributed by atoms with Gasteiger partial charge in [0.1, 0.15) is 23.6 Å². The van der Waals surface area contributed by atoms with Gasteiger partial charge < -0.3 is 20.5 Å². The van der Waals surface area contributed by atoms with Gasteiger partial charge in [0.15, 0.2) is 0 Å². The Labute approximate surface area is 221 Å². The number of aromatic amines is 1. The number of nitrogens with zero attached hydrogens (tertiary/aromatic N) is 2. The fourth-order valence-corrected chi connectivity index (χ4v) is 6.41. The number of hydrogen-bond donors (Lipinski definition) is 3. The summed E-state index contributed by atoms with van der Waals surface area (Å²) in [5.74, 6) is -6.97. The van der Waals surface area contributed by atoms with Crippen molar-refractivity contribution in [2.75, 3.05) is 13.1 Å². The minimum absolute atomic E-state index is 0.0216. The van der Waals surface area contributed by atoms with E-state index in [0.29, 0.717) is 18.5 Å². The van der Waals surface area contributed by atoms with Crippen molar-refractivity contribution >= 4 is 40.2 Å². The molecule has 0 spiro atoms. The van der Waals surface area contributed by atoms with Crippen molar-refractivity contribution in [3.05, 3.63) is 34.2 Å². The Kier molecular flexibility index (Phi) is 6.80. The highest BCUT2D eigenvalue weighted by Crippen LogP contribution is 2.50. The minimum Gasteiger partial charge on any atom is -0.356 e. The smallest absolute Gasteiger partial charge is 0.271 e. The van der Waals surface area contributed by atoms with Crippen molar-refractivity contribution in [3.8, 4) is 6.07 Å². The predicted molar refractivity (Wildman–Crippen MR) is 132 cm³/mol. The molecule has 1 saturated carbocycles. The van der Waals surface area contributed by atoms with Gasteiger partial charge >= 0.3 is 0 Å². The summed E-state index contributed by atoms with van der Waals surface area (Å²) in [4.78, 5) is 43.3. The number of nitriles is 1. The van der Waals surface area contributed by atoms with Crippen LogP contribution in [0.1, 0.15) is 48.2 Å². The van der Waals surface area contributed by atoms with Crippen LogP contribution in [0, 0.1) is 41.8 Å². The van der Waals surface area contributed by atoms with Gasteiger partial charge in [0.25, 0.3) is 5.91 Å². The highest BCUT2D eigenvalue weighted by Gasteiger charge is 2.58. The van der Waals surface area contributed by atoms with Crippen LogP contribution in [0.3, 0.4) is 0 Å². The molecule has 3 fully saturated rings. The van der Waals surface area contributed by atoms with Crippen molar-refractivity contribution < 1.29 is 27.6 Å². The molecule has 8 nitrogen and oxygen atoms in total. The molecular formula is C26H27ClF3N5O3. The fourth-order valence-electron chi connectivity index (χ4n) is 6.20. The predicted octanol–water partition coefficient (Wildman–Crippen LogP) is 3.68. The highest BCUT2D eigenvalue weighted by molar-refractivity contribution is 6.36. The van der Waals surface area contributed by atoms with Crippen LogP contribution in [0.5, 0.6) is 0 Å². The number of halogens is 4. The van der Waals surface area contributed by atoms with Crippen LogP contribution >= 0.6 is 11.6 Å². The summed E-state index contributed by atoms with van der Waals surface area (Å²) in [6, 6.07) is 2.26. The van der Waals surface area contributed by atoms with Gasteiger partial charge in [-0.1, -0.05) is 11.6 Å². The SMILES string of the molecule is Cc1cc(F)c2cc(C(=O)N3C[C@@H]4CC(F)(F)C[C@@H]4[C@H]3C(=O)N[C@H](C#N)C[C@@H]3CCCNC3=O)[nH]c2c1Cl. The molecule has 0 bridgehead atoms. The number of H-pyrrole nitrogens is 1. The second kappa shape index (κ2) is 9.80. The van der Waals surface area contributed by atoms with Crippen molar-refractivity contribution in [2.24, 2.45) is 17.8 Å². The molecule has 2 saturated heterocycles. The number of nitrogens with one attached hydrogen (secondary N) is 3. The lowest BCUT2D eigenvalue weighted by Crippen LogP contribution is -2.52. The van der Waals surface area contributed by atoms with E-state index >= 15 is 0 Å². The quantitative estimate of drug-likeness (QED) is 0.527. The molecule has 0 radical (unpaired) electrons. The van der Waals surface area contributed by atoms with Crippen molar-refractivity contribution in [1.29, 1.82) is 5.26 Å². The third-order valence-electron chi connectivity index (χ3n) is 8.01. The van der Waals surface area contributed by atoms with E-state index in [-0.39, 0.29) is 40.5 Å². The lowest BCUT2D eigenvalue weighted by Gasteiger charge is -2.29. The monoisotopic (exact) mass is 549 g/mol. The number of benzene rings is 1. The lowest BCUT2D eigenvalue weighted by atomic mass is 9.90. The molecule has 202 valence electrons. The summed E-state index contributed by atoms with van der Waals surface area (Å²) >= 11 is 6.30. The maximum absolute atomic E-state index is 14.6. The van der Waals surface area contributed by atoms with Gasteiger partial charge in [-0.15, -0.1) is 0 Å². The average Bonchev–Trinajstić information content (AvgIpc) is 3.53. The molecule has 3 aliphatic rings. The number of aromatic nitrogens is 1. The number of amides is 3. The van der Waals surface area contributed by atoms with E-state index in [4.69, 9.17) is 11.6 Å². The zero-order chi connectivity index (χ0) is 27.4. The summed E-state index contributed by atoms with van der Waals surface area (Å²) in [5, 5.41) is 15.3. The first-order valence-electron chi connectivity index (χ1n) is 12.6. The van der Waals surface area contributed by atoms with Gasteiger partial charge in [0.2, 0.25) is 17.7 Å². The molecule has 3 N–H and O–H groups in total. The molecule has 2 aliphatic heterocycles. The number of hydrogen-bond acceptors (Lipinski definition) is 4. The second-order valence-electron chi connectivity index (χ2n) is 10.6. The molecule has 12 heteroatoms. The Hall–Kier alpha value is -3.26. The Morgan fingerprint density at radius 3 is 2.82 bits per heavy atom. The first kappa shape index (κ1) is 26.4. The molecular weight excluding hydrogens is 523 g/mol. The minimum atomic E-state index is -2.97. The largest absolute Gasteiger partial charge is 0.356 e. The Balaban J connectivity index is 1.41. The molecule has 0 unspecified atom stereocenters. The third-order valence-corrected chi connectivity index (χ3v) is 8.50. The number of aryl methyl sites for hydroxylation is 1.